The fourth-order valence-electron chi connectivity index (χ4n) is 1.13. The van der Waals surface area contributed by atoms with Gasteiger partial charge in [-0.15, -0.1) is 10.2 Å². The van der Waals surface area contributed by atoms with E-state index in [0.717, 1.165) is 12.0 Å². The van der Waals surface area contributed by atoms with Gasteiger partial charge < -0.3 is 4.42 Å². The Morgan fingerprint density at radius 2 is 2.21 bits per heavy atom. The first-order valence-corrected chi connectivity index (χ1v) is 4.75. The van der Waals surface area contributed by atoms with Crippen molar-refractivity contribution >= 4 is 11.6 Å². The third-order valence-electron chi connectivity index (χ3n) is 1.84. The predicted molar refractivity (Wildman–Crippen MR) is 54.1 cm³/mol. The summed E-state index contributed by atoms with van der Waals surface area (Å²) in [6, 6.07) is 7.35. The molecule has 0 saturated heterocycles. The quantitative estimate of drug-likeness (QED) is 0.762. The summed E-state index contributed by atoms with van der Waals surface area (Å²) in [5, 5.41) is 8.47. The normalized spacial score (nSPS) is 10.4. The van der Waals surface area contributed by atoms with Crippen LogP contribution < -0.4 is 0 Å². The monoisotopic (exact) mass is 208 g/mol. The second-order valence-corrected chi connectivity index (χ2v) is 3.30. The molecule has 0 aliphatic rings. The molecular weight excluding hydrogens is 200 g/mol. The fourth-order valence-corrected chi connectivity index (χ4v) is 1.32. The SMILES string of the molecule is CCc1nnc(-c2cccc(Cl)c2)o1. The van der Waals surface area contributed by atoms with Gasteiger partial charge in [0, 0.05) is 17.0 Å². The van der Waals surface area contributed by atoms with Gasteiger partial charge in [0.15, 0.2) is 0 Å². The van der Waals surface area contributed by atoms with Crippen LogP contribution in [0.1, 0.15) is 12.8 Å². The van der Waals surface area contributed by atoms with Crippen LogP contribution in [0.3, 0.4) is 0 Å². The van der Waals surface area contributed by atoms with Gasteiger partial charge in [0.2, 0.25) is 11.8 Å². The van der Waals surface area contributed by atoms with E-state index >= 15 is 0 Å². The lowest BCUT2D eigenvalue weighted by Crippen LogP contribution is -1.77. The second kappa shape index (κ2) is 3.80. The maximum Gasteiger partial charge on any atom is 0.247 e. The minimum absolute atomic E-state index is 0.518. The van der Waals surface area contributed by atoms with Crippen molar-refractivity contribution in [2.45, 2.75) is 13.3 Å². The molecule has 14 heavy (non-hydrogen) atoms. The lowest BCUT2D eigenvalue weighted by Gasteiger charge is -1.94. The third kappa shape index (κ3) is 1.77. The molecule has 0 saturated carbocycles. The van der Waals surface area contributed by atoms with Crippen LogP contribution in [0.15, 0.2) is 28.7 Å². The summed E-state index contributed by atoms with van der Waals surface area (Å²) in [6.45, 7) is 1.97. The highest BCUT2D eigenvalue weighted by Crippen LogP contribution is 2.21. The van der Waals surface area contributed by atoms with Crippen molar-refractivity contribution in [1.29, 1.82) is 0 Å². The largest absolute Gasteiger partial charge is 0.421 e. The molecule has 4 heteroatoms. The topological polar surface area (TPSA) is 38.9 Å². The van der Waals surface area contributed by atoms with Crippen LogP contribution in [0.25, 0.3) is 11.5 Å². The van der Waals surface area contributed by atoms with Crippen LogP contribution in [0.4, 0.5) is 0 Å². The van der Waals surface area contributed by atoms with Crippen molar-refractivity contribution < 1.29 is 4.42 Å². The van der Waals surface area contributed by atoms with E-state index in [4.69, 9.17) is 16.0 Å². The number of benzene rings is 1. The molecule has 0 radical (unpaired) electrons. The molecule has 0 amide bonds. The zero-order valence-electron chi connectivity index (χ0n) is 7.70. The van der Waals surface area contributed by atoms with Gasteiger partial charge in [-0.25, -0.2) is 0 Å². The van der Waals surface area contributed by atoms with Gasteiger partial charge in [0.25, 0.3) is 0 Å². The van der Waals surface area contributed by atoms with E-state index in [2.05, 4.69) is 10.2 Å². The molecule has 0 aliphatic heterocycles. The van der Waals surface area contributed by atoms with Crippen molar-refractivity contribution in [2.24, 2.45) is 0 Å². The molecule has 72 valence electrons. The number of rotatable bonds is 2. The average molecular weight is 209 g/mol. The number of aromatic nitrogens is 2. The van der Waals surface area contributed by atoms with Crippen LogP contribution in [-0.4, -0.2) is 10.2 Å². The molecule has 2 rings (SSSR count). The highest BCUT2D eigenvalue weighted by molar-refractivity contribution is 6.30. The van der Waals surface area contributed by atoms with Crippen molar-refractivity contribution in [3.05, 3.63) is 35.2 Å². The molecule has 0 N–H and O–H groups in total. The summed E-state index contributed by atoms with van der Waals surface area (Å²) in [4.78, 5) is 0. The van der Waals surface area contributed by atoms with Gasteiger partial charge in [-0.2, -0.15) is 0 Å². The van der Waals surface area contributed by atoms with Crippen molar-refractivity contribution in [2.75, 3.05) is 0 Å². The van der Waals surface area contributed by atoms with Crippen LogP contribution in [0.2, 0.25) is 5.02 Å². The number of nitrogens with zero attached hydrogens (tertiary/aromatic N) is 2. The Hall–Kier alpha value is -1.35. The molecule has 0 aliphatic carbocycles. The van der Waals surface area contributed by atoms with E-state index in [1.165, 1.54) is 0 Å². The summed E-state index contributed by atoms with van der Waals surface area (Å²) in [6.07, 6.45) is 0.744. The Labute approximate surface area is 86.7 Å². The van der Waals surface area contributed by atoms with Gasteiger partial charge in [-0.05, 0) is 18.2 Å². The van der Waals surface area contributed by atoms with Crippen molar-refractivity contribution in [3.63, 3.8) is 0 Å². The van der Waals surface area contributed by atoms with E-state index < -0.39 is 0 Å². The number of hydrogen-bond acceptors (Lipinski definition) is 3. The molecule has 1 aromatic carbocycles. The molecule has 0 atom stereocenters. The van der Waals surface area contributed by atoms with Gasteiger partial charge in [0.1, 0.15) is 0 Å². The number of hydrogen-bond donors (Lipinski definition) is 0. The molecule has 0 unspecified atom stereocenters. The van der Waals surface area contributed by atoms with Gasteiger partial charge >= 0.3 is 0 Å². The van der Waals surface area contributed by atoms with E-state index in [9.17, 15) is 0 Å². The van der Waals surface area contributed by atoms with E-state index in [1.54, 1.807) is 6.07 Å². The van der Waals surface area contributed by atoms with Crippen molar-refractivity contribution in [1.82, 2.24) is 10.2 Å². The highest BCUT2D eigenvalue weighted by Gasteiger charge is 2.06. The van der Waals surface area contributed by atoms with Gasteiger partial charge in [-0.1, -0.05) is 24.6 Å². The van der Waals surface area contributed by atoms with E-state index in [1.807, 2.05) is 25.1 Å². The maximum absolute atomic E-state index is 5.85. The standard InChI is InChI=1S/C10H9ClN2O/c1-2-9-12-13-10(14-9)7-4-3-5-8(11)6-7/h3-6H,2H2,1H3. The molecule has 1 heterocycles. The predicted octanol–water partition coefficient (Wildman–Crippen LogP) is 2.95. The first-order valence-electron chi connectivity index (χ1n) is 4.38. The molecule has 0 bridgehead atoms. The Kier molecular flexibility index (Phi) is 2.50. The van der Waals surface area contributed by atoms with E-state index in [0.29, 0.717) is 16.8 Å². The summed E-state index contributed by atoms with van der Waals surface area (Å²) < 4.78 is 5.39. The smallest absolute Gasteiger partial charge is 0.247 e. The van der Waals surface area contributed by atoms with Gasteiger partial charge in [0.05, 0.1) is 0 Å². The zero-order valence-corrected chi connectivity index (χ0v) is 8.45. The van der Waals surface area contributed by atoms with E-state index in [-0.39, 0.29) is 0 Å². The Bertz CT molecular complexity index is 439. The molecule has 0 spiro atoms. The molecule has 0 fully saturated rings. The Morgan fingerprint density at radius 1 is 1.36 bits per heavy atom. The summed E-state index contributed by atoms with van der Waals surface area (Å²) in [5.74, 6) is 1.16. The third-order valence-corrected chi connectivity index (χ3v) is 2.08. The number of aryl methyl sites for hydroxylation is 1. The summed E-state index contributed by atoms with van der Waals surface area (Å²) >= 11 is 5.85. The highest BCUT2D eigenvalue weighted by atomic mass is 35.5. The molecule has 3 nitrogen and oxygen atoms in total. The average Bonchev–Trinajstić information content (AvgIpc) is 2.66. The Morgan fingerprint density at radius 3 is 2.86 bits per heavy atom. The van der Waals surface area contributed by atoms with Crippen molar-refractivity contribution in [3.8, 4) is 11.5 Å². The fraction of sp³-hybridized carbons (Fsp3) is 0.200. The summed E-state index contributed by atoms with van der Waals surface area (Å²) in [5.41, 5.74) is 0.852. The maximum atomic E-state index is 5.85. The van der Waals surface area contributed by atoms with Crippen LogP contribution in [-0.2, 0) is 6.42 Å². The zero-order chi connectivity index (χ0) is 9.97. The molecular formula is C10H9ClN2O. The summed E-state index contributed by atoms with van der Waals surface area (Å²) in [7, 11) is 0. The molecule has 2 aromatic rings. The lowest BCUT2D eigenvalue weighted by atomic mass is 10.2. The number of halogens is 1. The first kappa shape index (κ1) is 9.21. The van der Waals surface area contributed by atoms with Crippen LogP contribution in [0.5, 0.6) is 0 Å². The first-order chi connectivity index (χ1) is 6.79. The second-order valence-electron chi connectivity index (χ2n) is 2.86. The lowest BCUT2D eigenvalue weighted by molar-refractivity contribution is 0.513. The Balaban J connectivity index is 2.39. The van der Waals surface area contributed by atoms with Crippen LogP contribution in [0, 0.1) is 0 Å². The minimum Gasteiger partial charge on any atom is -0.421 e. The van der Waals surface area contributed by atoms with Gasteiger partial charge in [-0.3, -0.25) is 0 Å². The minimum atomic E-state index is 0.518. The van der Waals surface area contributed by atoms with Crippen LogP contribution >= 0.6 is 11.6 Å². The molecule has 1 aromatic heterocycles.